The molecule has 0 radical (unpaired) electrons. The van der Waals surface area contributed by atoms with Crippen LogP contribution >= 0.6 is 0 Å². The minimum atomic E-state index is -3.56. The first-order chi connectivity index (χ1) is 13.3. The Morgan fingerprint density at radius 2 is 1.79 bits per heavy atom. The molecule has 3 aromatic rings. The van der Waals surface area contributed by atoms with Crippen LogP contribution in [-0.2, 0) is 16.4 Å². The number of hydrogen-bond donors (Lipinski definition) is 2. The van der Waals surface area contributed by atoms with Gasteiger partial charge in [0.15, 0.2) is 11.5 Å². The first kappa shape index (κ1) is 20.2. The van der Waals surface area contributed by atoms with Crippen LogP contribution in [-0.4, -0.2) is 66.9 Å². The lowest BCUT2D eigenvalue weighted by Crippen LogP contribution is -2.26. The van der Waals surface area contributed by atoms with E-state index in [9.17, 15) is 8.42 Å². The van der Waals surface area contributed by atoms with Crippen LogP contribution in [0, 0.1) is 6.92 Å². The second-order valence-electron chi connectivity index (χ2n) is 6.80. The van der Waals surface area contributed by atoms with E-state index < -0.39 is 10.0 Å². The highest BCUT2D eigenvalue weighted by molar-refractivity contribution is 7.89. The van der Waals surface area contributed by atoms with Crippen LogP contribution in [0.5, 0.6) is 0 Å². The van der Waals surface area contributed by atoms with E-state index in [-0.39, 0.29) is 11.4 Å². The van der Waals surface area contributed by atoms with Crippen LogP contribution in [0.1, 0.15) is 11.4 Å². The molecule has 0 spiro atoms. The van der Waals surface area contributed by atoms with E-state index in [0.717, 1.165) is 24.5 Å². The molecule has 0 saturated heterocycles. The first-order valence-electron chi connectivity index (χ1n) is 9.01. The molecule has 0 unspecified atom stereocenters. The number of fused-ring (bicyclic) bond motifs is 1. The average molecular weight is 404 g/mol. The zero-order valence-electron chi connectivity index (χ0n) is 16.3. The highest BCUT2D eigenvalue weighted by Gasteiger charge is 2.14. The molecule has 0 fully saturated rings. The molecule has 3 rings (SSSR count). The molecule has 0 amide bonds. The summed E-state index contributed by atoms with van der Waals surface area (Å²) in [7, 11) is 0.459. The number of aromatic nitrogens is 4. The Bertz CT molecular complexity index is 1030. The fourth-order valence-electron chi connectivity index (χ4n) is 2.59. The van der Waals surface area contributed by atoms with Crippen molar-refractivity contribution >= 4 is 21.5 Å². The van der Waals surface area contributed by atoms with Gasteiger partial charge in [-0.2, -0.15) is 4.52 Å². The summed E-state index contributed by atoms with van der Waals surface area (Å²) in [4.78, 5) is 2.32. The zero-order valence-corrected chi connectivity index (χ0v) is 17.1. The van der Waals surface area contributed by atoms with E-state index in [4.69, 9.17) is 0 Å². The summed E-state index contributed by atoms with van der Waals surface area (Å²) in [5.41, 5.74) is 1.63. The number of likely N-dealkylation sites (N-methyl/N-ethyl adjacent to an activating group) is 1. The van der Waals surface area contributed by atoms with Gasteiger partial charge in [0.05, 0.1) is 4.90 Å². The maximum Gasteiger partial charge on any atom is 0.240 e. The van der Waals surface area contributed by atoms with E-state index in [0.29, 0.717) is 17.9 Å². The summed E-state index contributed by atoms with van der Waals surface area (Å²) in [5, 5.41) is 16.0. The molecule has 0 aliphatic rings. The van der Waals surface area contributed by atoms with E-state index in [1.807, 2.05) is 33.2 Å². The molecule has 2 aromatic heterocycles. The number of anilines is 1. The third-order valence-corrected chi connectivity index (χ3v) is 5.64. The van der Waals surface area contributed by atoms with Gasteiger partial charge in [-0.05, 0) is 45.3 Å². The van der Waals surface area contributed by atoms with E-state index in [1.54, 1.807) is 28.8 Å². The molecule has 10 heteroatoms. The predicted molar refractivity (Wildman–Crippen MR) is 108 cm³/mol. The lowest BCUT2D eigenvalue weighted by atomic mass is 10.2. The van der Waals surface area contributed by atoms with Gasteiger partial charge in [0.1, 0.15) is 5.82 Å². The fraction of sp³-hybridized carbons (Fsp3) is 0.389. The molecule has 2 N–H and O–H groups in total. The Kier molecular flexibility index (Phi) is 6.22. The van der Waals surface area contributed by atoms with Crippen molar-refractivity contribution in [2.75, 3.05) is 39.0 Å². The van der Waals surface area contributed by atoms with Crippen molar-refractivity contribution in [2.45, 2.75) is 18.2 Å². The van der Waals surface area contributed by atoms with Crippen molar-refractivity contribution in [3.8, 4) is 0 Å². The number of nitrogens with zero attached hydrogens (tertiary/aromatic N) is 5. The van der Waals surface area contributed by atoms with Gasteiger partial charge in [0.25, 0.3) is 0 Å². The van der Waals surface area contributed by atoms with Gasteiger partial charge in [0.2, 0.25) is 10.0 Å². The van der Waals surface area contributed by atoms with Gasteiger partial charge in [0, 0.05) is 26.1 Å². The summed E-state index contributed by atoms with van der Waals surface area (Å²) in [6.45, 7) is 3.77. The number of benzene rings is 1. The van der Waals surface area contributed by atoms with E-state index in [1.165, 1.54) is 0 Å². The second-order valence-corrected chi connectivity index (χ2v) is 8.56. The number of hydrogen-bond acceptors (Lipinski definition) is 7. The maximum atomic E-state index is 12.4. The molecule has 28 heavy (non-hydrogen) atoms. The minimum Gasteiger partial charge on any atom is -0.367 e. The summed E-state index contributed by atoms with van der Waals surface area (Å²) in [6.07, 6.45) is 0.375. The lowest BCUT2D eigenvalue weighted by molar-refractivity contribution is 0.425. The quantitative estimate of drug-likeness (QED) is 0.548. The Hall–Kier alpha value is -2.56. The standard InChI is InChI=1S/C18H25N7O2S/c1-14-4-6-15(7-5-14)28(26,27)20-11-10-18-22-21-17-9-8-16(23-25(17)18)19-12-13-24(2)3/h4-9,20H,10-13H2,1-3H3,(H,19,23). The van der Waals surface area contributed by atoms with E-state index >= 15 is 0 Å². The highest BCUT2D eigenvalue weighted by atomic mass is 32.2. The SMILES string of the molecule is Cc1ccc(S(=O)(=O)NCCc2nnc3ccc(NCCN(C)C)nn23)cc1. The van der Waals surface area contributed by atoms with Gasteiger partial charge in [-0.1, -0.05) is 17.7 Å². The molecule has 0 saturated carbocycles. The number of nitrogens with one attached hydrogen (secondary N) is 2. The third-order valence-electron chi connectivity index (χ3n) is 4.16. The highest BCUT2D eigenvalue weighted by Crippen LogP contribution is 2.11. The van der Waals surface area contributed by atoms with Crippen molar-refractivity contribution in [1.82, 2.24) is 29.4 Å². The van der Waals surface area contributed by atoms with Crippen molar-refractivity contribution in [1.29, 1.82) is 0 Å². The summed E-state index contributed by atoms with van der Waals surface area (Å²) >= 11 is 0. The molecule has 0 aliphatic carbocycles. The Labute approximate surface area is 164 Å². The zero-order chi connectivity index (χ0) is 20.1. The van der Waals surface area contributed by atoms with Crippen LogP contribution < -0.4 is 10.0 Å². The Balaban J connectivity index is 1.64. The van der Waals surface area contributed by atoms with Gasteiger partial charge >= 0.3 is 0 Å². The average Bonchev–Trinajstić information content (AvgIpc) is 3.04. The minimum absolute atomic E-state index is 0.205. The van der Waals surface area contributed by atoms with Gasteiger partial charge in [-0.25, -0.2) is 13.1 Å². The van der Waals surface area contributed by atoms with Gasteiger partial charge in [-0.15, -0.1) is 15.3 Å². The Morgan fingerprint density at radius 1 is 1.04 bits per heavy atom. The Morgan fingerprint density at radius 3 is 2.50 bits per heavy atom. The normalized spacial score (nSPS) is 12.0. The van der Waals surface area contributed by atoms with Crippen LogP contribution in [0.25, 0.3) is 5.65 Å². The smallest absolute Gasteiger partial charge is 0.240 e. The molecule has 0 atom stereocenters. The van der Waals surface area contributed by atoms with Crippen LogP contribution in [0.4, 0.5) is 5.82 Å². The summed E-state index contributed by atoms with van der Waals surface area (Å²) < 4.78 is 29.0. The summed E-state index contributed by atoms with van der Waals surface area (Å²) in [5.74, 6) is 1.31. The first-order valence-corrected chi connectivity index (χ1v) is 10.5. The largest absolute Gasteiger partial charge is 0.367 e. The monoisotopic (exact) mass is 403 g/mol. The molecule has 0 aliphatic heterocycles. The molecule has 2 heterocycles. The van der Waals surface area contributed by atoms with Crippen molar-refractivity contribution in [3.63, 3.8) is 0 Å². The van der Waals surface area contributed by atoms with Crippen molar-refractivity contribution in [2.24, 2.45) is 0 Å². The predicted octanol–water partition coefficient (Wildman–Crippen LogP) is 0.927. The molecular weight excluding hydrogens is 378 g/mol. The summed E-state index contributed by atoms with van der Waals surface area (Å²) in [6, 6.07) is 10.4. The van der Waals surface area contributed by atoms with Gasteiger partial charge < -0.3 is 10.2 Å². The fourth-order valence-corrected chi connectivity index (χ4v) is 3.62. The number of sulfonamides is 1. The number of aryl methyl sites for hydroxylation is 1. The van der Waals surface area contributed by atoms with Crippen molar-refractivity contribution in [3.05, 3.63) is 47.8 Å². The maximum absolute atomic E-state index is 12.4. The van der Waals surface area contributed by atoms with Crippen LogP contribution in [0.2, 0.25) is 0 Å². The molecule has 0 bridgehead atoms. The van der Waals surface area contributed by atoms with E-state index in [2.05, 4.69) is 30.2 Å². The molecule has 150 valence electrons. The van der Waals surface area contributed by atoms with Crippen LogP contribution in [0.15, 0.2) is 41.3 Å². The molecule has 1 aromatic carbocycles. The number of rotatable bonds is 9. The lowest BCUT2D eigenvalue weighted by Gasteiger charge is -2.11. The van der Waals surface area contributed by atoms with Gasteiger partial charge in [-0.3, -0.25) is 0 Å². The third kappa shape index (κ3) is 5.03. The second kappa shape index (κ2) is 8.63. The molecular formula is C18H25N7O2S. The van der Waals surface area contributed by atoms with Crippen molar-refractivity contribution < 1.29 is 8.42 Å². The van der Waals surface area contributed by atoms with Crippen LogP contribution in [0.3, 0.4) is 0 Å². The topological polar surface area (TPSA) is 105 Å². The molecule has 9 nitrogen and oxygen atoms in total.